The number of nitrogens with one attached hydrogen (secondary N) is 1. The Morgan fingerprint density at radius 3 is 2.55 bits per heavy atom. The maximum atomic E-state index is 13.0. The maximum Gasteiger partial charge on any atom is 0.251 e. The molecule has 31 heavy (non-hydrogen) atoms. The van der Waals surface area contributed by atoms with E-state index in [1.807, 2.05) is 44.4 Å². The van der Waals surface area contributed by atoms with Crippen LogP contribution in [-0.4, -0.2) is 31.1 Å². The van der Waals surface area contributed by atoms with Crippen molar-refractivity contribution in [1.82, 2.24) is 30.5 Å². The number of hydrogen-bond acceptors (Lipinski definition) is 6. The van der Waals surface area contributed by atoms with Crippen molar-refractivity contribution in [3.63, 3.8) is 0 Å². The van der Waals surface area contributed by atoms with Crippen LogP contribution < -0.4 is 5.32 Å². The Bertz CT molecular complexity index is 1210. The summed E-state index contributed by atoms with van der Waals surface area (Å²) in [4.78, 5) is 17.4. The Morgan fingerprint density at radius 2 is 1.87 bits per heavy atom. The van der Waals surface area contributed by atoms with Gasteiger partial charge in [0.2, 0.25) is 0 Å². The summed E-state index contributed by atoms with van der Waals surface area (Å²) in [7, 11) is 0. The van der Waals surface area contributed by atoms with Crippen LogP contribution in [0, 0.1) is 13.8 Å². The molecule has 0 unspecified atom stereocenters. The van der Waals surface area contributed by atoms with Crippen LogP contribution in [0.1, 0.15) is 52.2 Å². The molecular formula is C23H24N6OS. The van der Waals surface area contributed by atoms with Gasteiger partial charge in [-0.2, -0.15) is 4.68 Å². The number of rotatable bonds is 6. The predicted octanol–water partition coefficient (Wildman–Crippen LogP) is 4.46. The Kier molecular flexibility index (Phi) is 5.90. The first-order chi connectivity index (χ1) is 14.9. The number of tetrazole rings is 1. The van der Waals surface area contributed by atoms with Crippen LogP contribution in [0.3, 0.4) is 0 Å². The van der Waals surface area contributed by atoms with E-state index >= 15 is 0 Å². The van der Waals surface area contributed by atoms with Gasteiger partial charge < -0.3 is 5.32 Å². The molecule has 1 amide bonds. The second-order valence-electron chi connectivity index (χ2n) is 7.78. The van der Waals surface area contributed by atoms with Gasteiger partial charge in [-0.25, -0.2) is 4.98 Å². The fourth-order valence-electron chi connectivity index (χ4n) is 3.28. The lowest BCUT2D eigenvalue weighted by Gasteiger charge is -2.12. The number of aryl methyl sites for hydroxylation is 2. The van der Waals surface area contributed by atoms with Crippen molar-refractivity contribution < 1.29 is 4.79 Å². The summed E-state index contributed by atoms with van der Waals surface area (Å²) in [5.41, 5.74) is 5.28. The third-order valence-electron chi connectivity index (χ3n) is 4.92. The van der Waals surface area contributed by atoms with Crippen LogP contribution in [0.5, 0.6) is 0 Å². The van der Waals surface area contributed by atoms with Gasteiger partial charge in [-0.05, 0) is 53.6 Å². The Hall–Kier alpha value is -3.39. The lowest BCUT2D eigenvalue weighted by Crippen LogP contribution is -2.23. The Labute approximate surface area is 185 Å². The number of hydrogen-bond donors (Lipinski definition) is 1. The van der Waals surface area contributed by atoms with E-state index in [9.17, 15) is 4.79 Å². The van der Waals surface area contributed by atoms with Gasteiger partial charge in [0, 0.05) is 16.9 Å². The summed E-state index contributed by atoms with van der Waals surface area (Å²) in [6.07, 6.45) is 0. The smallest absolute Gasteiger partial charge is 0.251 e. The summed E-state index contributed by atoms with van der Waals surface area (Å²) in [5, 5.41) is 18.1. The minimum absolute atomic E-state index is 0.142. The molecule has 2 heterocycles. The zero-order valence-electron chi connectivity index (χ0n) is 18.0. The third kappa shape index (κ3) is 4.69. The molecule has 8 heteroatoms. The molecule has 158 valence electrons. The minimum Gasteiger partial charge on any atom is -0.346 e. The molecule has 4 aromatic rings. The van der Waals surface area contributed by atoms with Crippen molar-refractivity contribution >= 4 is 17.2 Å². The molecule has 0 radical (unpaired) electrons. The fourth-order valence-corrected chi connectivity index (χ4v) is 3.89. The zero-order chi connectivity index (χ0) is 22.0. The standard InChI is InChI=1S/C23H24N6OS/c1-14(2)22-26-27-28-29(22)21-10-18(17-7-5-15(3)6-8-17)9-19(11-21)23(30)24-12-20-13-31-16(4)25-20/h5-11,13-14H,12H2,1-4H3,(H,24,30). The van der Waals surface area contributed by atoms with Crippen LogP contribution in [0.25, 0.3) is 16.8 Å². The number of nitrogens with zero attached hydrogens (tertiary/aromatic N) is 5. The third-order valence-corrected chi connectivity index (χ3v) is 5.74. The molecule has 7 nitrogen and oxygen atoms in total. The van der Waals surface area contributed by atoms with Gasteiger partial charge in [0.15, 0.2) is 5.82 Å². The summed E-state index contributed by atoms with van der Waals surface area (Å²) in [6, 6.07) is 13.9. The van der Waals surface area contributed by atoms with Crippen LogP contribution in [0.4, 0.5) is 0 Å². The van der Waals surface area contributed by atoms with Crippen LogP contribution in [0.2, 0.25) is 0 Å². The molecule has 0 saturated heterocycles. The number of thiazole rings is 1. The van der Waals surface area contributed by atoms with Crippen LogP contribution in [0.15, 0.2) is 47.8 Å². The lowest BCUT2D eigenvalue weighted by molar-refractivity contribution is 0.0950. The largest absolute Gasteiger partial charge is 0.346 e. The number of carbonyl (C=O) groups is 1. The quantitative estimate of drug-likeness (QED) is 0.486. The lowest BCUT2D eigenvalue weighted by atomic mass is 10.0. The van der Waals surface area contributed by atoms with Crippen LogP contribution in [-0.2, 0) is 6.54 Å². The van der Waals surface area contributed by atoms with Crippen molar-refractivity contribution in [2.24, 2.45) is 0 Å². The molecular weight excluding hydrogens is 408 g/mol. The van der Waals surface area contributed by atoms with Crippen molar-refractivity contribution in [2.45, 2.75) is 40.2 Å². The van der Waals surface area contributed by atoms with Gasteiger partial charge in [-0.1, -0.05) is 43.7 Å². The normalized spacial score (nSPS) is 11.1. The van der Waals surface area contributed by atoms with Crippen molar-refractivity contribution in [3.05, 3.63) is 75.5 Å². The first kappa shape index (κ1) is 20.9. The monoisotopic (exact) mass is 432 g/mol. The molecule has 0 saturated carbocycles. The van der Waals surface area contributed by atoms with Crippen molar-refractivity contribution in [1.29, 1.82) is 0 Å². The van der Waals surface area contributed by atoms with Crippen molar-refractivity contribution in [2.75, 3.05) is 0 Å². The van der Waals surface area contributed by atoms with Gasteiger partial charge in [-0.15, -0.1) is 16.4 Å². The molecule has 1 N–H and O–H groups in total. The van der Waals surface area contributed by atoms with Crippen molar-refractivity contribution in [3.8, 4) is 16.8 Å². The summed E-state index contributed by atoms with van der Waals surface area (Å²) in [6.45, 7) is 8.46. The highest BCUT2D eigenvalue weighted by atomic mass is 32.1. The number of benzene rings is 2. The first-order valence-electron chi connectivity index (χ1n) is 10.1. The summed E-state index contributed by atoms with van der Waals surface area (Å²) in [5.74, 6) is 0.716. The Morgan fingerprint density at radius 1 is 1.10 bits per heavy atom. The average molecular weight is 433 g/mol. The first-order valence-corrected chi connectivity index (χ1v) is 11.0. The minimum atomic E-state index is -0.167. The average Bonchev–Trinajstić information content (AvgIpc) is 3.41. The SMILES string of the molecule is Cc1ccc(-c2cc(C(=O)NCc3csc(C)n3)cc(-n3nnnc3C(C)C)c2)cc1. The van der Waals surface area contributed by atoms with E-state index in [4.69, 9.17) is 0 Å². The molecule has 0 bridgehead atoms. The molecule has 2 aromatic carbocycles. The predicted molar refractivity (Wildman–Crippen MR) is 121 cm³/mol. The van der Waals surface area contributed by atoms with E-state index < -0.39 is 0 Å². The summed E-state index contributed by atoms with van der Waals surface area (Å²) >= 11 is 1.57. The highest BCUT2D eigenvalue weighted by Gasteiger charge is 2.16. The molecule has 2 aromatic heterocycles. The Balaban J connectivity index is 1.72. The molecule has 0 aliphatic rings. The van der Waals surface area contributed by atoms with E-state index in [0.29, 0.717) is 12.1 Å². The second kappa shape index (κ2) is 8.77. The van der Waals surface area contributed by atoms with Gasteiger partial charge in [-0.3, -0.25) is 4.79 Å². The van der Waals surface area contributed by atoms with E-state index in [1.165, 1.54) is 5.56 Å². The molecule has 0 spiro atoms. The molecule has 0 atom stereocenters. The maximum absolute atomic E-state index is 13.0. The van der Waals surface area contributed by atoms with E-state index in [1.54, 1.807) is 16.0 Å². The zero-order valence-corrected chi connectivity index (χ0v) is 18.8. The fraction of sp³-hybridized carbons (Fsp3) is 0.261. The second-order valence-corrected chi connectivity index (χ2v) is 8.84. The molecule has 0 aliphatic heterocycles. The number of carbonyl (C=O) groups excluding carboxylic acids is 1. The number of amides is 1. The number of aromatic nitrogens is 5. The highest BCUT2D eigenvalue weighted by molar-refractivity contribution is 7.09. The summed E-state index contributed by atoms with van der Waals surface area (Å²) < 4.78 is 1.70. The molecule has 4 rings (SSSR count). The van der Waals surface area contributed by atoms with Gasteiger partial charge >= 0.3 is 0 Å². The van der Waals surface area contributed by atoms with E-state index in [0.717, 1.165) is 33.3 Å². The van der Waals surface area contributed by atoms with Gasteiger partial charge in [0.05, 0.1) is 22.9 Å². The highest BCUT2D eigenvalue weighted by Crippen LogP contribution is 2.26. The topological polar surface area (TPSA) is 85.6 Å². The molecule has 0 fully saturated rings. The van der Waals surface area contributed by atoms with Gasteiger partial charge in [0.1, 0.15) is 0 Å². The van der Waals surface area contributed by atoms with Gasteiger partial charge in [0.25, 0.3) is 5.91 Å². The van der Waals surface area contributed by atoms with E-state index in [-0.39, 0.29) is 11.8 Å². The molecule has 0 aliphatic carbocycles. The van der Waals surface area contributed by atoms with Crippen LogP contribution >= 0.6 is 11.3 Å². The van der Waals surface area contributed by atoms with E-state index in [2.05, 4.69) is 57.0 Å².